The Kier molecular flexibility index (Phi) is 8.31. The molecule has 140 valence electrons. The highest BCUT2D eigenvalue weighted by atomic mass is 32.1. The smallest absolute Gasteiger partial charge is 0.275 e. The van der Waals surface area contributed by atoms with Crippen LogP contribution in [0.1, 0.15) is 41.8 Å². The first-order chi connectivity index (χ1) is 12.6. The van der Waals surface area contributed by atoms with Gasteiger partial charge in [-0.15, -0.1) is 11.3 Å². The van der Waals surface area contributed by atoms with Gasteiger partial charge in [0.1, 0.15) is 6.04 Å². The lowest BCUT2D eigenvalue weighted by Crippen LogP contribution is -2.87. The molecule has 0 spiro atoms. The molecule has 0 aliphatic carbocycles. The predicted molar refractivity (Wildman–Crippen MR) is 105 cm³/mol. The number of unbranched alkanes of at least 4 members (excludes halogenated alkanes) is 1. The van der Waals surface area contributed by atoms with Crippen LogP contribution in [0.4, 0.5) is 0 Å². The summed E-state index contributed by atoms with van der Waals surface area (Å²) in [5.41, 5.74) is 2.54. The largest absolute Gasteiger partial charge is 0.358 e. The molecule has 26 heavy (non-hydrogen) atoms. The highest BCUT2D eigenvalue weighted by molar-refractivity contribution is 7.10. The Balaban J connectivity index is 2.00. The van der Waals surface area contributed by atoms with Crippen LogP contribution in [0.5, 0.6) is 0 Å². The van der Waals surface area contributed by atoms with Crippen molar-refractivity contribution in [2.75, 3.05) is 20.1 Å². The van der Waals surface area contributed by atoms with Crippen LogP contribution in [0.25, 0.3) is 0 Å². The number of nitrogens with two attached hydrogens (primary N) is 1. The summed E-state index contributed by atoms with van der Waals surface area (Å²) in [6.07, 6.45) is 3.50. The minimum atomic E-state index is -0.198. The fourth-order valence-electron chi connectivity index (χ4n) is 2.72. The Morgan fingerprint density at radius 3 is 2.54 bits per heavy atom. The van der Waals surface area contributed by atoms with E-state index in [1.807, 2.05) is 11.4 Å². The molecule has 0 saturated heterocycles. The van der Waals surface area contributed by atoms with Crippen LogP contribution in [0.15, 0.2) is 41.8 Å². The van der Waals surface area contributed by atoms with Crippen molar-refractivity contribution in [2.24, 2.45) is 0 Å². The lowest BCUT2D eigenvalue weighted by molar-refractivity contribution is -0.676. The number of carbonyl (C=O) groups excluding carboxylic acids is 2. The van der Waals surface area contributed by atoms with Crippen molar-refractivity contribution < 1.29 is 14.9 Å². The zero-order valence-corrected chi connectivity index (χ0v) is 16.3. The van der Waals surface area contributed by atoms with Crippen molar-refractivity contribution in [1.82, 2.24) is 10.6 Å². The number of likely N-dealkylation sites (N-methyl/N-ethyl adjacent to an activating group) is 1. The normalized spacial score (nSPS) is 11.8. The number of hydrogen-bond donors (Lipinski definition) is 3. The van der Waals surface area contributed by atoms with Gasteiger partial charge in [0.15, 0.2) is 6.54 Å². The number of benzene rings is 1. The number of thiophene rings is 1. The van der Waals surface area contributed by atoms with Gasteiger partial charge in [-0.3, -0.25) is 9.59 Å². The van der Waals surface area contributed by atoms with Crippen LogP contribution in [0.3, 0.4) is 0 Å². The van der Waals surface area contributed by atoms with E-state index in [2.05, 4.69) is 53.3 Å². The van der Waals surface area contributed by atoms with Gasteiger partial charge in [-0.05, 0) is 29.9 Å². The summed E-state index contributed by atoms with van der Waals surface area (Å²) in [4.78, 5) is 24.5. The van der Waals surface area contributed by atoms with E-state index in [1.165, 1.54) is 28.8 Å². The van der Waals surface area contributed by atoms with Gasteiger partial charge >= 0.3 is 0 Å². The molecule has 2 aromatic rings. The molecule has 1 aromatic carbocycles. The van der Waals surface area contributed by atoms with Gasteiger partial charge in [-0.1, -0.05) is 43.7 Å². The summed E-state index contributed by atoms with van der Waals surface area (Å²) in [7, 11) is 1.55. The van der Waals surface area contributed by atoms with Gasteiger partial charge in [0, 0.05) is 12.6 Å². The number of aryl methyl sites for hydroxylation is 1. The predicted octanol–water partition coefficient (Wildman–Crippen LogP) is 1.61. The van der Waals surface area contributed by atoms with E-state index in [9.17, 15) is 9.59 Å². The highest BCUT2D eigenvalue weighted by Gasteiger charge is 2.20. The molecule has 0 aliphatic rings. The number of nitrogens with one attached hydrogen (secondary N) is 2. The minimum Gasteiger partial charge on any atom is -0.358 e. The molecule has 6 heteroatoms. The molecule has 1 aromatic heterocycles. The highest BCUT2D eigenvalue weighted by Crippen LogP contribution is 2.23. The molecule has 0 aliphatic heterocycles. The van der Waals surface area contributed by atoms with Crippen LogP contribution in [0.2, 0.25) is 0 Å². The van der Waals surface area contributed by atoms with E-state index in [4.69, 9.17) is 0 Å². The van der Waals surface area contributed by atoms with E-state index in [1.54, 1.807) is 18.4 Å². The number of carbonyl (C=O) groups is 2. The Hall–Kier alpha value is -2.18. The molecular formula is C20H28N3O2S+. The molecule has 0 saturated carbocycles. The van der Waals surface area contributed by atoms with Crippen LogP contribution in [-0.4, -0.2) is 32.0 Å². The molecule has 0 radical (unpaired) electrons. The minimum absolute atomic E-state index is 0.0129. The first-order valence-corrected chi connectivity index (χ1v) is 9.94. The standard InChI is InChI=1S/C20H27N3O2S/c1-3-4-6-15-8-10-16(11-9-15)20(17-7-5-12-26-17)23-14-19(25)22-13-18(24)21-2/h5,7-12,20,23H,3-4,6,13-14H2,1-2H3,(H,21,24)(H,22,25)/p+1/t20-/m0/s1. The van der Waals surface area contributed by atoms with Crippen LogP contribution in [0, 0.1) is 0 Å². The van der Waals surface area contributed by atoms with Crippen molar-refractivity contribution >= 4 is 23.2 Å². The summed E-state index contributed by atoms with van der Waals surface area (Å²) in [5.74, 6) is -0.342. The molecule has 2 amide bonds. The monoisotopic (exact) mass is 374 g/mol. The SMILES string of the molecule is CCCCc1ccc([C@H]([NH2+]CC(=O)NCC(=O)NC)c2cccs2)cc1. The van der Waals surface area contributed by atoms with Crippen molar-refractivity contribution in [1.29, 1.82) is 0 Å². The van der Waals surface area contributed by atoms with Crippen LogP contribution >= 0.6 is 11.3 Å². The van der Waals surface area contributed by atoms with Gasteiger partial charge in [0.05, 0.1) is 11.4 Å². The van der Waals surface area contributed by atoms with E-state index in [0.717, 1.165) is 6.42 Å². The topological polar surface area (TPSA) is 74.8 Å². The second-order valence-electron chi connectivity index (χ2n) is 6.23. The lowest BCUT2D eigenvalue weighted by Gasteiger charge is -2.15. The summed E-state index contributed by atoms with van der Waals surface area (Å²) in [5, 5.41) is 9.20. The first-order valence-electron chi connectivity index (χ1n) is 9.07. The van der Waals surface area contributed by atoms with Crippen molar-refractivity contribution in [3.8, 4) is 0 Å². The van der Waals surface area contributed by atoms with Crippen molar-refractivity contribution in [3.05, 3.63) is 57.8 Å². The third-order valence-electron chi connectivity index (χ3n) is 4.27. The number of hydrogen-bond acceptors (Lipinski definition) is 3. The maximum Gasteiger partial charge on any atom is 0.275 e. The molecule has 1 atom stereocenters. The average molecular weight is 375 g/mol. The summed E-state index contributed by atoms with van der Waals surface area (Å²) >= 11 is 1.69. The maximum atomic E-state index is 12.0. The summed E-state index contributed by atoms with van der Waals surface area (Å²) in [6.45, 7) is 2.49. The summed E-state index contributed by atoms with van der Waals surface area (Å²) in [6, 6.07) is 12.9. The molecule has 1 heterocycles. The van der Waals surface area contributed by atoms with E-state index >= 15 is 0 Å². The van der Waals surface area contributed by atoms with Crippen LogP contribution < -0.4 is 16.0 Å². The second-order valence-corrected chi connectivity index (χ2v) is 7.21. The summed E-state index contributed by atoms with van der Waals surface area (Å²) < 4.78 is 0. The van der Waals surface area contributed by atoms with Gasteiger partial charge in [0.2, 0.25) is 5.91 Å². The van der Waals surface area contributed by atoms with Crippen molar-refractivity contribution in [3.63, 3.8) is 0 Å². The van der Waals surface area contributed by atoms with E-state index in [0.29, 0.717) is 0 Å². The fourth-order valence-corrected chi connectivity index (χ4v) is 3.57. The van der Waals surface area contributed by atoms with Gasteiger partial charge < -0.3 is 16.0 Å². The van der Waals surface area contributed by atoms with Crippen molar-refractivity contribution in [2.45, 2.75) is 32.2 Å². The average Bonchev–Trinajstić information content (AvgIpc) is 3.20. The molecule has 2 rings (SSSR count). The Morgan fingerprint density at radius 1 is 1.15 bits per heavy atom. The van der Waals surface area contributed by atoms with Gasteiger partial charge in [-0.25, -0.2) is 0 Å². The molecule has 0 fully saturated rings. The number of quaternary nitrogens is 1. The lowest BCUT2D eigenvalue weighted by atomic mass is 10.0. The Labute approximate surface area is 159 Å². The number of rotatable bonds is 10. The third-order valence-corrected chi connectivity index (χ3v) is 5.23. The van der Waals surface area contributed by atoms with E-state index < -0.39 is 0 Å². The zero-order valence-electron chi connectivity index (χ0n) is 15.5. The van der Waals surface area contributed by atoms with Crippen LogP contribution in [-0.2, 0) is 16.0 Å². The quantitative estimate of drug-likeness (QED) is 0.591. The Bertz CT molecular complexity index is 684. The van der Waals surface area contributed by atoms with E-state index in [-0.39, 0.29) is 30.9 Å². The molecule has 5 nitrogen and oxygen atoms in total. The maximum absolute atomic E-state index is 12.0. The number of amides is 2. The van der Waals surface area contributed by atoms with Gasteiger partial charge in [0.25, 0.3) is 5.91 Å². The molecule has 4 N–H and O–H groups in total. The fraction of sp³-hybridized carbons (Fsp3) is 0.400. The first kappa shape index (κ1) is 20.1. The molecule has 0 unspecified atom stereocenters. The third kappa shape index (κ3) is 6.28. The van der Waals surface area contributed by atoms with Gasteiger partial charge in [-0.2, -0.15) is 0 Å². The Morgan fingerprint density at radius 2 is 1.92 bits per heavy atom. The zero-order chi connectivity index (χ0) is 18.8. The molecular weight excluding hydrogens is 346 g/mol. The second kappa shape index (κ2) is 10.7. The molecule has 0 bridgehead atoms.